The zero-order chi connectivity index (χ0) is 13.8. The van der Waals surface area contributed by atoms with Crippen molar-refractivity contribution in [2.75, 3.05) is 0 Å². The Kier molecular flexibility index (Phi) is 3.86. The fourth-order valence-electron chi connectivity index (χ4n) is 1.56. The number of nitrogens with zero attached hydrogens (tertiary/aromatic N) is 2. The molecule has 1 heterocycles. The molecule has 0 aliphatic heterocycles. The highest BCUT2D eigenvalue weighted by Gasteiger charge is 2.09. The fraction of sp³-hybridized carbons (Fsp3) is 0.250. The molecule has 1 aromatic heterocycles. The Balaban J connectivity index is 1.99. The van der Waals surface area contributed by atoms with Gasteiger partial charge >= 0.3 is 5.97 Å². The molecule has 7 heteroatoms. The molecule has 0 aliphatic carbocycles. The van der Waals surface area contributed by atoms with E-state index in [1.807, 2.05) is 0 Å². The molecule has 2 aromatic rings. The molecular formula is C12H12FN3O3. The first kappa shape index (κ1) is 13.2. The Labute approximate surface area is 108 Å². The quantitative estimate of drug-likeness (QED) is 0.851. The number of aromatic nitrogens is 2. The van der Waals surface area contributed by atoms with Crippen LogP contribution < -0.4 is 5.32 Å². The summed E-state index contributed by atoms with van der Waals surface area (Å²) < 4.78 is 18.4. The largest absolute Gasteiger partial charge is 0.478 e. The van der Waals surface area contributed by atoms with Gasteiger partial charge in [0.2, 0.25) is 5.89 Å². The van der Waals surface area contributed by atoms with Gasteiger partial charge in [0.1, 0.15) is 5.82 Å². The standard InChI is InChI=1S/C12H12FN3O3/c1-7-15-11(19-16-7)6-14-5-9-4-8(12(17)18)2-3-10(9)13/h2-4,14H,5-6H2,1H3,(H,17,18). The summed E-state index contributed by atoms with van der Waals surface area (Å²) in [4.78, 5) is 14.8. The Morgan fingerprint density at radius 2 is 2.26 bits per heavy atom. The summed E-state index contributed by atoms with van der Waals surface area (Å²) in [6.07, 6.45) is 0. The number of carboxylic acid groups (broad SMARTS) is 1. The highest BCUT2D eigenvalue weighted by molar-refractivity contribution is 5.87. The van der Waals surface area contributed by atoms with Gasteiger partial charge in [-0.3, -0.25) is 0 Å². The summed E-state index contributed by atoms with van der Waals surface area (Å²) in [5, 5.41) is 15.4. The van der Waals surface area contributed by atoms with Crippen molar-refractivity contribution in [3.8, 4) is 0 Å². The van der Waals surface area contributed by atoms with Gasteiger partial charge in [0.25, 0.3) is 0 Å². The highest BCUT2D eigenvalue weighted by Crippen LogP contribution is 2.11. The molecule has 0 radical (unpaired) electrons. The maximum absolute atomic E-state index is 13.5. The van der Waals surface area contributed by atoms with Gasteiger partial charge < -0.3 is 14.9 Å². The fourth-order valence-corrected chi connectivity index (χ4v) is 1.56. The normalized spacial score (nSPS) is 10.6. The second-order valence-electron chi connectivity index (χ2n) is 3.95. The molecule has 0 unspecified atom stereocenters. The van der Waals surface area contributed by atoms with E-state index in [4.69, 9.17) is 9.63 Å². The van der Waals surface area contributed by atoms with Crippen molar-refractivity contribution in [3.05, 3.63) is 46.9 Å². The number of carbonyl (C=O) groups is 1. The minimum Gasteiger partial charge on any atom is -0.478 e. The minimum atomic E-state index is -1.09. The van der Waals surface area contributed by atoms with Crippen molar-refractivity contribution in [1.29, 1.82) is 0 Å². The first-order valence-electron chi connectivity index (χ1n) is 5.58. The SMILES string of the molecule is Cc1noc(CNCc2cc(C(=O)O)ccc2F)n1. The molecule has 2 N–H and O–H groups in total. The van der Waals surface area contributed by atoms with Crippen LogP contribution in [0.4, 0.5) is 4.39 Å². The van der Waals surface area contributed by atoms with Crippen LogP contribution in [0.2, 0.25) is 0 Å². The van der Waals surface area contributed by atoms with Gasteiger partial charge in [-0.2, -0.15) is 4.98 Å². The van der Waals surface area contributed by atoms with Crippen molar-refractivity contribution in [2.24, 2.45) is 0 Å². The van der Waals surface area contributed by atoms with Crippen LogP contribution in [0.25, 0.3) is 0 Å². The lowest BCUT2D eigenvalue weighted by atomic mass is 10.1. The molecule has 0 saturated heterocycles. The number of hydrogen-bond donors (Lipinski definition) is 2. The van der Waals surface area contributed by atoms with Crippen LogP contribution in [0.1, 0.15) is 27.6 Å². The zero-order valence-electron chi connectivity index (χ0n) is 10.2. The van der Waals surface area contributed by atoms with Gasteiger partial charge in [-0.15, -0.1) is 0 Å². The van der Waals surface area contributed by atoms with Gasteiger partial charge in [-0.25, -0.2) is 9.18 Å². The predicted molar refractivity (Wildman–Crippen MR) is 62.9 cm³/mol. The predicted octanol–water partition coefficient (Wildman–Crippen LogP) is 1.51. The first-order chi connectivity index (χ1) is 9.06. The molecule has 0 fully saturated rings. The van der Waals surface area contributed by atoms with E-state index in [-0.39, 0.29) is 24.2 Å². The van der Waals surface area contributed by atoms with E-state index in [0.717, 1.165) is 6.07 Å². The highest BCUT2D eigenvalue weighted by atomic mass is 19.1. The van der Waals surface area contributed by atoms with Crippen molar-refractivity contribution in [2.45, 2.75) is 20.0 Å². The van der Waals surface area contributed by atoms with Gasteiger partial charge in [0, 0.05) is 12.1 Å². The molecule has 0 bridgehead atoms. The lowest BCUT2D eigenvalue weighted by Gasteiger charge is -2.05. The number of aryl methyl sites for hydroxylation is 1. The lowest BCUT2D eigenvalue weighted by Crippen LogP contribution is -2.14. The third kappa shape index (κ3) is 3.35. The van der Waals surface area contributed by atoms with Crippen LogP contribution in [-0.2, 0) is 13.1 Å². The van der Waals surface area contributed by atoms with E-state index >= 15 is 0 Å². The first-order valence-corrected chi connectivity index (χ1v) is 5.58. The van der Waals surface area contributed by atoms with Crippen LogP contribution in [0, 0.1) is 12.7 Å². The second-order valence-corrected chi connectivity index (χ2v) is 3.95. The Hall–Kier alpha value is -2.28. The number of halogens is 1. The summed E-state index contributed by atoms with van der Waals surface area (Å²) in [5.41, 5.74) is 0.322. The summed E-state index contributed by atoms with van der Waals surface area (Å²) in [5.74, 6) is -0.629. The number of benzene rings is 1. The van der Waals surface area contributed by atoms with Crippen LogP contribution in [0.5, 0.6) is 0 Å². The van der Waals surface area contributed by atoms with Crippen molar-refractivity contribution >= 4 is 5.97 Å². The maximum atomic E-state index is 13.5. The van der Waals surface area contributed by atoms with E-state index in [0.29, 0.717) is 11.7 Å². The molecule has 0 amide bonds. The molecule has 0 saturated carbocycles. The van der Waals surface area contributed by atoms with Gasteiger partial charge in [-0.05, 0) is 25.1 Å². The molecule has 100 valence electrons. The number of aromatic carboxylic acids is 1. The second kappa shape index (κ2) is 5.57. The topological polar surface area (TPSA) is 88.2 Å². The van der Waals surface area contributed by atoms with E-state index < -0.39 is 11.8 Å². The molecule has 19 heavy (non-hydrogen) atoms. The average Bonchev–Trinajstić information content (AvgIpc) is 2.77. The average molecular weight is 265 g/mol. The number of nitrogens with one attached hydrogen (secondary N) is 1. The molecular weight excluding hydrogens is 253 g/mol. The van der Waals surface area contributed by atoms with Gasteiger partial charge in [0.15, 0.2) is 5.82 Å². The van der Waals surface area contributed by atoms with Crippen LogP contribution in [0.15, 0.2) is 22.7 Å². The molecule has 0 spiro atoms. The summed E-state index contributed by atoms with van der Waals surface area (Å²) in [7, 11) is 0. The summed E-state index contributed by atoms with van der Waals surface area (Å²) in [6, 6.07) is 3.66. The maximum Gasteiger partial charge on any atom is 0.335 e. The molecule has 2 rings (SSSR count). The van der Waals surface area contributed by atoms with Crippen molar-refractivity contribution in [3.63, 3.8) is 0 Å². The smallest absolute Gasteiger partial charge is 0.335 e. The van der Waals surface area contributed by atoms with E-state index in [1.165, 1.54) is 12.1 Å². The minimum absolute atomic E-state index is 0.0480. The van der Waals surface area contributed by atoms with E-state index in [1.54, 1.807) is 6.92 Å². The molecule has 6 nitrogen and oxygen atoms in total. The Morgan fingerprint density at radius 3 is 2.89 bits per heavy atom. The van der Waals surface area contributed by atoms with E-state index in [9.17, 15) is 9.18 Å². The zero-order valence-corrected chi connectivity index (χ0v) is 10.2. The van der Waals surface area contributed by atoms with Crippen molar-refractivity contribution < 1.29 is 18.8 Å². The number of carboxylic acids is 1. The third-order valence-electron chi connectivity index (χ3n) is 2.45. The molecule has 0 aliphatic rings. The Bertz CT molecular complexity index is 598. The summed E-state index contributed by atoms with van der Waals surface area (Å²) >= 11 is 0. The van der Waals surface area contributed by atoms with Crippen LogP contribution in [-0.4, -0.2) is 21.2 Å². The van der Waals surface area contributed by atoms with Gasteiger partial charge in [-0.1, -0.05) is 5.16 Å². The molecule has 0 atom stereocenters. The third-order valence-corrected chi connectivity index (χ3v) is 2.45. The molecule has 1 aromatic carbocycles. The number of hydrogen-bond acceptors (Lipinski definition) is 5. The van der Waals surface area contributed by atoms with Crippen LogP contribution >= 0.6 is 0 Å². The Morgan fingerprint density at radius 1 is 1.47 bits per heavy atom. The number of rotatable bonds is 5. The summed E-state index contributed by atoms with van der Waals surface area (Å²) in [6.45, 7) is 2.16. The lowest BCUT2D eigenvalue weighted by molar-refractivity contribution is 0.0696. The van der Waals surface area contributed by atoms with Crippen LogP contribution in [0.3, 0.4) is 0 Å². The monoisotopic (exact) mass is 265 g/mol. The van der Waals surface area contributed by atoms with Gasteiger partial charge in [0.05, 0.1) is 12.1 Å². The van der Waals surface area contributed by atoms with Crippen molar-refractivity contribution in [1.82, 2.24) is 15.5 Å². The van der Waals surface area contributed by atoms with E-state index in [2.05, 4.69) is 15.5 Å².